The molecule has 0 heterocycles. The molecule has 62 valence electrons. The molecule has 1 rings (SSSR count). The largest absolute Gasteiger partial charge is 0.396 e. The van der Waals surface area contributed by atoms with Crippen LogP contribution in [0.1, 0.15) is 5.56 Å². The van der Waals surface area contributed by atoms with Crippen LogP contribution in [0.15, 0.2) is 42.1 Å². The van der Waals surface area contributed by atoms with Gasteiger partial charge in [0.2, 0.25) is 0 Å². The normalized spacial score (nSPS) is 11.2. The van der Waals surface area contributed by atoms with E-state index in [-0.39, 0.29) is 0 Å². The van der Waals surface area contributed by atoms with Gasteiger partial charge in [-0.25, -0.2) is 0 Å². The third kappa shape index (κ3) is 2.58. The van der Waals surface area contributed by atoms with E-state index in [9.17, 15) is 4.79 Å². The zero-order chi connectivity index (χ0) is 8.81. The number of rotatable bonds is 3. The molecule has 1 aromatic rings. The van der Waals surface area contributed by atoms with Crippen LogP contribution in [-0.4, -0.2) is 6.29 Å². The molecule has 2 nitrogen and oxygen atoms in total. The molecule has 12 heavy (non-hydrogen) atoms. The van der Waals surface area contributed by atoms with Crippen LogP contribution in [-0.2, 0) is 11.2 Å². The molecule has 0 fully saturated rings. The van der Waals surface area contributed by atoms with Crippen molar-refractivity contribution in [2.24, 2.45) is 5.73 Å². The molecule has 0 spiro atoms. The summed E-state index contributed by atoms with van der Waals surface area (Å²) in [7, 11) is 0. The number of nitrogens with two attached hydrogens (primary N) is 1. The SMILES string of the molecule is NC(C=O)=CCc1ccccc1. The Bertz CT molecular complexity index is 277. The van der Waals surface area contributed by atoms with Crippen LogP contribution in [0.25, 0.3) is 0 Å². The Morgan fingerprint density at radius 1 is 1.33 bits per heavy atom. The molecule has 2 N–H and O–H groups in total. The van der Waals surface area contributed by atoms with Gasteiger partial charge in [0.15, 0.2) is 6.29 Å². The van der Waals surface area contributed by atoms with Crippen LogP contribution in [0.5, 0.6) is 0 Å². The molecule has 0 aliphatic rings. The minimum atomic E-state index is 0.291. The van der Waals surface area contributed by atoms with Crippen molar-refractivity contribution >= 4 is 6.29 Å². The van der Waals surface area contributed by atoms with E-state index in [0.29, 0.717) is 18.4 Å². The van der Waals surface area contributed by atoms with E-state index >= 15 is 0 Å². The number of carbonyl (C=O) groups is 1. The third-order valence-corrected chi connectivity index (χ3v) is 1.55. The lowest BCUT2D eigenvalue weighted by molar-refractivity contribution is -0.105. The summed E-state index contributed by atoms with van der Waals surface area (Å²) in [5.41, 5.74) is 6.76. The van der Waals surface area contributed by atoms with Crippen molar-refractivity contribution in [2.45, 2.75) is 6.42 Å². The first kappa shape index (κ1) is 8.53. The molecule has 0 atom stereocenters. The Hall–Kier alpha value is -1.57. The van der Waals surface area contributed by atoms with Crippen LogP contribution in [0.2, 0.25) is 0 Å². The minimum absolute atomic E-state index is 0.291. The van der Waals surface area contributed by atoms with Crippen molar-refractivity contribution in [3.05, 3.63) is 47.7 Å². The maximum Gasteiger partial charge on any atom is 0.165 e. The summed E-state index contributed by atoms with van der Waals surface area (Å²) in [6.07, 6.45) is 3.08. The first-order chi connectivity index (χ1) is 5.83. The molecule has 0 aromatic heterocycles. The smallest absolute Gasteiger partial charge is 0.165 e. The van der Waals surface area contributed by atoms with Crippen molar-refractivity contribution in [2.75, 3.05) is 0 Å². The molecular formula is C10H11NO. The van der Waals surface area contributed by atoms with Crippen LogP contribution in [0.4, 0.5) is 0 Å². The molecule has 0 aliphatic heterocycles. The van der Waals surface area contributed by atoms with Gasteiger partial charge in [0.25, 0.3) is 0 Å². The van der Waals surface area contributed by atoms with Gasteiger partial charge in [-0.2, -0.15) is 0 Å². The first-order valence-electron chi connectivity index (χ1n) is 3.77. The lowest BCUT2D eigenvalue weighted by Gasteiger charge is -1.94. The van der Waals surface area contributed by atoms with Gasteiger partial charge in [-0.15, -0.1) is 0 Å². The van der Waals surface area contributed by atoms with E-state index in [1.54, 1.807) is 6.08 Å². The number of hydrogen-bond donors (Lipinski definition) is 1. The highest BCUT2D eigenvalue weighted by atomic mass is 16.1. The first-order valence-corrected chi connectivity index (χ1v) is 3.77. The quantitative estimate of drug-likeness (QED) is 0.536. The zero-order valence-electron chi connectivity index (χ0n) is 6.73. The topological polar surface area (TPSA) is 43.1 Å². The molecule has 0 saturated heterocycles. The second-order valence-corrected chi connectivity index (χ2v) is 2.51. The van der Waals surface area contributed by atoms with E-state index in [1.807, 2.05) is 30.3 Å². The standard InChI is InChI=1S/C10H11NO/c11-10(8-12)7-6-9-4-2-1-3-5-9/h1-5,7-8H,6,11H2. The Kier molecular flexibility index (Phi) is 3.08. The van der Waals surface area contributed by atoms with Gasteiger partial charge in [0, 0.05) is 0 Å². The van der Waals surface area contributed by atoms with Crippen molar-refractivity contribution < 1.29 is 4.79 Å². The van der Waals surface area contributed by atoms with Gasteiger partial charge in [-0.05, 0) is 12.0 Å². The lowest BCUT2D eigenvalue weighted by Crippen LogP contribution is -1.98. The van der Waals surface area contributed by atoms with Crippen LogP contribution < -0.4 is 5.73 Å². The van der Waals surface area contributed by atoms with E-state index < -0.39 is 0 Å². The average molecular weight is 161 g/mol. The molecule has 0 radical (unpaired) electrons. The third-order valence-electron chi connectivity index (χ3n) is 1.55. The van der Waals surface area contributed by atoms with Gasteiger partial charge in [-0.3, -0.25) is 4.79 Å². The fourth-order valence-electron chi connectivity index (χ4n) is 0.898. The van der Waals surface area contributed by atoms with E-state index in [4.69, 9.17) is 5.73 Å². The van der Waals surface area contributed by atoms with Crippen molar-refractivity contribution in [1.29, 1.82) is 0 Å². The van der Waals surface area contributed by atoms with Crippen LogP contribution in [0, 0.1) is 0 Å². The van der Waals surface area contributed by atoms with E-state index in [2.05, 4.69) is 0 Å². The van der Waals surface area contributed by atoms with E-state index in [1.165, 1.54) is 0 Å². The Morgan fingerprint density at radius 2 is 2.00 bits per heavy atom. The molecule has 0 saturated carbocycles. The van der Waals surface area contributed by atoms with Crippen molar-refractivity contribution in [3.8, 4) is 0 Å². The summed E-state index contributed by atoms with van der Waals surface area (Å²) < 4.78 is 0. The summed E-state index contributed by atoms with van der Waals surface area (Å²) in [5, 5.41) is 0. The highest BCUT2D eigenvalue weighted by molar-refractivity contribution is 5.71. The predicted molar refractivity (Wildman–Crippen MR) is 48.5 cm³/mol. The Morgan fingerprint density at radius 3 is 2.58 bits per heavy atom. The summed E-state index contributed by atoms with van der Waals surface area (Å²) in [6, 6.07) is 9.86. The van der Waals surface area contributed by atoms with Crippen LogP contribution in [0.3, 0.4) is 0 Å². The minimum Gasteiger partial charge on any atom is -0.396 e. The maximum atomic E-state index is 10.1. The van der Waals surface area contributed by atoms with E-state index in [0.717, 1.165) is 5.56 Å². The fraction of sp³-hybridized carbons (Fsp3) is 0.100. The van der Waals surface area contributed by atoms with Gasteiger partial charge >= 0.3 is 0 Å². The van der Waals surface area contributed by atoms with Crippen LogP contribution >= 0.6 is 0 Å². The molecule has 0 aliphatic carbocycles. The van der Waals surface area contributed by atoms with Gasteiger partial charge in [0.1, 0.15) is 0 Å². The monoisotopic (exact) mass is 161 g/mol. The Labute approximate surface area is 71.7 Å². The molecule has 2 heteroatoms. The highest BCUT2D eigenvalue weighted by Gasteiger charge is 1.88. The lowest BCUT2D eigenvalue weighted by atomic mass is 10.1. The van der Waals surface area contributed by atoms with Gasteiger partial charge in [0.05, 0.1) is 5.70 Å². The van der Waals surface area contributed by atoms with Gasteiger partial charge < -0.3 is 5.73 Å². The predicted octanol–water partition coefficient (Wildman–Crippen LogP) is 1.27. The number of benzene rings is 1. The molecule has 1 aromatic carbocycles. The summed E-state index contributed by atoms with van der Waals surface area (Å²) >= 11 is 0. The number of allylic oxidation sites excluding steroid dienone is 2. The number of hydrogen-bond acceptors (Lipinski definition) is 2. The molecule has 0 unspecified atom stereocenters. The van der Waals surface area contributed by atoms with Crippen molar-refractivity contribution in [1.82, 2.24) is 0 Å². The second-order valence-electron chi connectivity index (χ2n) is 2.51. The summed E-state index contributed by atoms with van der Waals surface area (Å²) in [6.45, 7) is 0. The summed E-state index contributed by atoms with van der Waals surface area (Å²) in [5.74, 6) is 0. The number of aldehydes is 1. The number of carbonyl (C=O) groups excluding carboxylic acids is 1. The van der Waals surface area contributed by atoms with Crippen molar-refractivity contribution in [3.63, 3.8) is 0 Å². The molecular weight excluding hydrogens is 150 g/mol. The fourth-order valence-corrected chi connectivity index (χ4v) is 0.898. The average Bonchev–Trinajstić information content (AvgIpc) is 2.16. The molecule has 0 bridgehead atoms. The Balaban J connectivity index is 2.60. The van der Waals surface area contributed by atoms with Gasteiger partial charge in [-0.1, -0.05) is 36.4 Å². The zero-order valence-corrected chi connectivity index (χ0v) is 6.73. The second kappa shape index (κ2) is 4.34. The highest BCUT2D eigenvalue weighted by Crippen LogP contribution is 2.00. The summed E-state index contributed by atoms with van der Waals surface area (Å²) in [4.78, 5) is 10.1. The maximum absolute atomic E-state index is 10.1. The molecule has 0 amide bonds.